The van der Waals surface area contributed by atoms with Crippen LogP contribution in [0.2, 0.25) is 0 Å². The highest BCUT2D eigenvalue weighted by atomic mass is 32.2. The topological polar surface area (TPSA) is 0 Å². The lowest BCUT2D eigenvalue weighted by Gasteiger charge is -2.14. The molecule has 0 aliphatic rings. The zero-order valence-corrected chi connectivity index (χ0v) is 13.5. The molecule has 1 aromatic rings. The van der Waals surface area contributed by atoms with E-state index in [1.54, 1.807) is 0 Å². The van der Waals surface area contributed by atoms with Gasteiger partial charge in [0, 0.05) is 20.8 Å². The molecule has 96 valence electrons. The monoisotopic (exact) mass is 268 g/mol. The van der Waals surface area contributed by atoms with Crippen LogP contribution in [-0.2, 0) is 0 Å². The molecule has 0 bridgehead atoms. The van der Waals surface area contributed by atoms with Gasteiger partial charge in [-0.05, 0) is 43.0 Å². The van der Waals surface area contributed by atoms with Gasteiger partial charge in [0.15, 0.2) is 0 Å². The van der Waals surface area contributed by atoms with Crippen molar-refractivity contribution in [2.24, 2.45) is 5.92 Å². The van der Waals surface area contributed by atoms with E-state index >= 15 is 0 Å². The quantitative estimate of drug-likeness (QED) is 0.642. The molecule has 0 nitrogen and oxygen atoms in total. The molecule has 0 amide bonds. The second-order valence-corrected chi connectivity index (χ2v) is 7.94. The third-order valence-corrected chi connectivity index (χ3v) is 5.12. The van der Waals surface area contributed by atoms with E-state index in [-0.39, 0.29) is 0 Å². The zero-order chi connectivity index (χ0) is 13.0. The highest BCUT2D eigenvalue weighted by molar-refractivity contribution is 8.00. The van der Waals surface area contributed by atoms with Crippen LogP contribution in [0.4, 0.5) is 0 Å². The van der Waals surface area contributed by atoms with Gasteiger partial charge in [-0.2, -0.15) is 0 Å². The molecule has 17 heavy (non-hydrogen) atoms. The molecule has 0 aromatic heterocycles. The first kappa shape index (κ1) is 15.0. The summed E-state index contributed by atoms with van der Waals surface area (Å²) in [5.41, 5.74) is 2.85. The maximum atomic E-state index is 2.34. The lowest BCUT2D eigenvalue weighted by molar-refractivity contribution is 0.750. The first-order valence-corrected chi connectivity index (χ1v) is 8.17. The van der Waals surface area contributed by atoms with Crippen LogP contribution >= 0.6 is 23.5 Å². The summed E-state index contributed by atoms with van der Waals surface area (Å²) in [5.74, 6) is 1.96. The number of rotatable bonds is 5. The van der Waals surface area contributed by atoms with Gasteiger partial charge in [0.05, 0.1) is 0 Å². The van der Waals surface area contributed by atoms with Crippen LogP contribution in [-0.4, -0.2) is 11.0 Å². The summed E-state index contributed by atoms with van der Waals surface area (Å²) in [4.78, 5) is 2.88. The lowest BCUT2D eigenvalue weighted by atomic mass is 10.1. The van der Waals surface area contributed by atoms with Crippen molar-refractivity contribution in [3.63, 3.8) is 0 Å². The van der Waals surface area contributed by atoms with Crippen molar-refractivity contribution in [1.82, 2.24) is 0 Å². The Hall–Kier alpha value is -0.0800. The summed E-state index contributed by atoms with van der Waals surface area (Å²) in [6, 6.07) is 4.68. The van der Waals surface area contributed by atoms with Crippen molar-refractivity contribution in [3.05, 3.63) is 23.3 Å². The zero-order valence-electron chi connectivity index (χ0n) is 11.8. The molecule has 0 unspecified atom stereocenters. The highest BCUT2D eigenvalue weighted by Crippen LogP contribution is 2.33. The van der Waals surface area contributed by atoms with Crippen LogP contribution in [0.3, 0.4) is 0 Å². The van der Waals surface area contributed by atoms with Gasteiger partial charge in [0.2, 0.25) is 0 Å². The van der Waals surface area contributed by atoms with Crippen molar-refractivity contribution in [2.75, 3.05) is 5.75 Å². The van der Waals surface area contributed by atoms with Crippen LogP contribution in [0.15, 0.2) is 21.9 Å². The number of hydrogen-bond acceptors (Lipinski definition) is 2. The van der Waals surface area contributed by atoms with E-state index in [4.69, 9.17) is 0 Å². The minimum absolute atomic E-state index is 0.654. The Morgan fingerprint density at radius 1 is 1.00 bits per heavy atom. The van der Waals surface area contributed by atoms with Crippen molar-refractivity contribution in [3.8, 4) is 0 Å². The smallest absolute Gasteiger partial charge is 0.0134 e. The molecule has 0 N–H and O–H groups in total. The fraction of sp³-hybridized carbons (Fsp3) is 0.600. The Kier molecular flexibility index (Phi) is 5.94. The molecule has 1 aromatic carbocycles. The molecule has 0 radical (unpaired) electrons. The van der Waals surface area contributed by atoms with E-state index in [9.17, 15) is 0 Å². The van der Waals surface area contributed by atoms with E-state index in [1.165, 1.54) is 26.7 Å². The van der Waals surface area contributed by atoms with Crippen LogP contribution < -0.4 is 0 Å². The second-order valence-electron chi connectivity index (χ2n) is 5.26. The molecule has 0 aliphatic heterocycles. The normalized spacial score (nSPS) is 11.5. The minimum atomic E-state index is 0.654. The van der Waals surface area contributed by atoms with E-state index < -0.39 is 0 Å². The molecular formula is C15H24S2. The van der Waals surface area contributed by atoms with Crippen molar-refractivity contribution < 1.29 is 0 Å². The average molecular weight is 268 g/mol. The largest absolute Gasteiger partial charge is 0.126 e. The molecule has 0 atom stereocenters. The van der Waals surface area contributed by atoms with Crippen molar-refractivity contribution in [1.29, 1.82) is 0 Å². The number of thioether (sulfide) groups is 2. The molecule has 0 aliphatic carbocycles. The molecule has 0 heterocycles. The second kappa shape index (κ2) is 6.75. The molecule has 0 saturated heterocycles. The summed E-state index contributed by atoms with van der Waals surface area (Å²) < 4.78 is 0. The van der Waals surface area contributed by atoms with E-state index in [0.29, 0.717) is 5.25 Å². The van der Waals surface area contributed by atoms with Gasteiger partial charge >= 0.3 is 0 Å². The van der Waals surface area contributed by atoms with Gasteiger partial charge < -0.3 is 0 Å². The molecule has 2 heteroatoms. The summed E-state index contributed by atoms with van der Waals surface area (Å²) in [5, 5.41) is 0.654. The first-order chi connectivity index (χ1) is 7.90. The Bertz CT molecular complexity index is 344. The SMILES string of the molecule is Cc1cc(SCC(C)C)cc(C)c1SC(C)C. The molecule has 0 fully saturated rings. The summed E-state index contributed by atoms with van der Waals surface area (Å²) in [6.07, 6.45) is 0. The number of benzene rings is 1. The minimum Gasteiger partial charge on any atom is -0.126 e. The predicted molar refractivity (Wildman–Crippen MR) is 82.5 cm³/mol. The Balaban J connectivity index is 2.85. The third-order valence-electron chi connectivity index (χ3n) is 2.37. The summed E-state index contributed by atoms with van der Waals surface area (Å²) in [7, 11) is 0. The Morgan fingerprint density at radius 2 is 1.53 bits per heavy atom. The van der Waals surface area contributed by atoms with E-state index in [0.717, 1.165) is 5.92 Å². The van der Waals surface area contributed by atoms with Gasteiger partial charge in [0.1, 0.15) is 0 Å². The summed E-state index contributed by atoms with van der Waals surface area (Å²) in [6.45, 7) is 13.5. The molecule has 0 spiro atoms. The van der Waals surface area contributed by atoms with Crippen molar-refractivity contribution >= 4 is 23.5 Å². The van der Waals surface area contributed by atoms with Crippen LogP contribution in [0.5, 0.6) is 0 Å². The maximum Gasteiger partial charge on any atom is 0.0134 e. The molecular weight excluding hydrogens is 244 g/mol. The number of hydrogen-bond donors (Lipinski definition) is 0. The predicted octanol–water partition coefficient (Wildman–Crippen LogP) is 5.55. The van der Waals surface area contributed by atoms with Gasteiger partial charge in [-0.1, -0.05) is 27.7 Å². The molecule has 1 rings (SSSR count). The van der Waals surface area contributed by atoms with Gasteiger partial charge in [-0.3, -0.25) is 0 Å². The van der Waals surface area contributed by atoms with Crippen LogP contribution in [0.25, 0.3) is 0 Å². The third kappa shape index (κ3) is 4.97. The van der Waals surface area contributed by atoms with E-state index in [2.05, 4.69) is 53.7 Å². The van der Waals surface area contributed by atoms with Gasteiger partial charge in [0.25, 0.3) is 0 Å². The lowest BCUT2D eigenvalue weighted by Crippen LogP contribution is -1.94. The Labute approximate surface area is 115 Å². The average Bonchev–Trinajstić information content (AvgIpc) is 2.20. The van der Waals surface area contributed by atoms with Crippen LogP contribution in [0, 0.1) is 19.8 Å². The number of aryl methyl sites for hydroxylation is 2. The standard InChI is InChI=1S/C15H24S2/c1-10(2)9-16-14-7-12(5)15(13(6)8-14)17-11(3)4/h7-8,10-11H,9H2,1-6H3. The van der Waals surface area contributed by atoms with Crippen LogP contribution in [0.1, 0.15) is 38.8 Å². The fourth-order valence-electron chi connectivity index (χ4n) is 1.68. The summed E-state index contributed by atoms with van der Waals surface area (Å²) >= 11 is 3.95. The van der Waals surface area contributed by atoms with Gasteiger partial charge in [-0.25, -0.2) is 0 Å². The maximum absolute atomic E-state index is 2.34. The van der Waals surface area contributed by atoms with Gasteiger partial charge in [-0.15, -0.1) is 23.5 Å². The van der Waals surface area contributed by atoms with E-state index in [1.807, 2.05) is 23.5 Å². The first-order valence-electron chi connectivity index (χ1n) is 6.30. The highest BCUT2D eigenvalue weighted by Gasteiger charge is 2.08. The van der Waals surface area contributed by atoms with Crippen molar-refractivity contribution in [2.45, 2.75) is 56.6 Å². The fourth-order valence-corrected chi connectivity index (χ4v) is 3.69. The molecule has 0 saturated carbocycles. The Morgan fingerprint density at radius 3 is 1.94 bits per heavy atom.